The summed E-state index contributed by atoms with van der Waals surface area (Å²) in [7, 11) is 0. The molecule has 5 heteroatoms. The number of piperazine rings is 1. The first-order valence-corrected chi connectivity index (χ1v) is 6.18. The quantitative estimate of drug-likeness (QED) is 0.894. The third-order valence-electron chi connectivity index (χ3n) is 2.66. The van der Waals surface area contributed by atoms with Gasteiger partial charge in [-0.05, 0) is 24.6 Å². The van der Waals surface area contributed by atoms with Gasteiger partial charge < -0.3 is 10.2 Å². The zero-order chi connectivity index (χ0) is 12.4. The van der Waals surface area contributed by atoms with E-state index in [1.54, 1.807) is 11.8 Å². The monoisotopic (exact) mass is 296 g/mol. The Labute approximate surface area is 108 Å². The normalized spacial score (nSPS) is 20.4. The van der Waals surface area contributed by atoms with E-state index in [1.807, 2.05) is 24.3 Å². The van der Waals surface area contributed by atoms with E-state index >= 15 is 0 Å². The summed E-state index contributed by atoms with van der Waals surface area (Å²) in [5.41, 5.74) is 1.01. The largest absolute Gasteiger partial charge is 0.343 e. The predicted molar refractivity (Wildman–Crippen MR) is 67.2 cm³/mol. The molecule has 1 aliphatic heterocycles. The maximum absolute atomic E-state index is 11.9. The smallest absolute Gasteiger partial charge is 0.245 e. The predicted octanol–water partition coefficient (Wildman–Crippen LogP) is 1.30. The number of amides is 2. The van der Waals surface area contributed by atoms with Crippen LogP contribution in [0.3, 0.4) is 0 Å². The highest BCUT2D eigenvalue weighted by atomic mass is 79.9. The summed E-state index contributed by atoms with van der Waals surface area (Å²) in [6, 6.07) is 7.30. The number of rotatable bonds is 2. The third-order valence-corrected chi connectivity index (χ3v) is 3.15. The Balaban J connectivity index is 2.12. The van der Waals surface area contributed by atoms with Gasteiger partial charge in [-0.1, -0.05) is 28.1 Å². The maximum atomic E-state index is 11.9. The van der Waals surface area contributed by atoms with E-state index in [2.05, 4.69) is 21.2 Å². The van der Waals surface area contributed by atoms with Gasteiger partial charge in [-0.25, -0.2) is 0 Å². The Kier molecular flexibility index (Phi) is 3.47. The Hall–Kier alpha value is -1.36. The van der Waals surface area contributed by atoms with Crippen molar-refractivity contribution >= 4 is 27.7 Å². The van der Waals surface area contributed by atoms with Crippen LogP contribution >= 0.6 is 15.9 Å². The number of hydrogen-bond acceptors (Lipinski definition) is 2. The molecule has 0 bridgehead atoms. The van der Waals surface area contributed by atoms with Crippen molar-refractivity contribution in [2.75, 3.05) is 6.54 Å². The molecule has 1 saturated heterocycles. The number of carbonyl (C=O) groups is 2. The van der Waals surface area contributed by atoms with Gasteiger partial charge >= 0.3 is 0 Å². The Bertz CT molecular complexity index is 462. The second kappa shape index (κ2) is 4.87. The highest BCUT2D eigenvalue weighted by Gasteiger charge is 2.29. The molecule has 1 fully saturated rings. The molecule has 1 N–H and O–H groups in total. The van der Waals surface area contributed by atoms with E-state index in [0.29, 0.717) is 6.54 Å². The van der Waals surface area contributed by atoms with Gasteiger partial charge in [0.1, 0.15) is 6.04 Å². The molecule has 0 aliphatic carbocycles. The van der Waals surface area contributed by atoms with Crippen LogP contribution in [-0.4, -0.2) is 29.3 Å². The minimum atomic E-state index is -0.427. The summed E-state index contributed by atoms with van der Waals surface area (Å²) in [5.74, 6) is -0.142. The maximum Gasteiger partial charge on any atom is 0.245 e. The summed E-state index contributed by atoms with van der Waals surface area (Å²) in [4.78, 5) is 24.8. The first kappa shape index (κ1) is 12.1. The van der Waals surface area contributed by atoms with E-state index in [1.165, 1.54) is 0 Å². The highest BCUT2D eigenvalue weighted by molar-refractivity contribution is 9.10. The first-order chi connectivity index (χ1) is 8.06. The van der Waals surface area contributed by atoms with Crippen molar-refractivity contribution in [1.82, 2.24) is 10.2 Å². The molecule has 1 heterocycles. The van der Waals surface area contributed by atoms with Crippen LogP contribution in [0.25, 0.3) is 0 Å². The van der Waals surface area contributed by atoms with Crippen LogP contribution in [0.2, 0.25) is 0 Å². The summed E-state index contributed by atoms with van der Waals surface area (Å²) in [6.45, 7) is 2.30. The molecule has 1 unspecified atom stereocenters. The van der Waals surface area contributed by atoms with Crippen molar-refractivity contribution in [1.29, 1.82) is 0 Å². The molecule has 2 amide bonds. The van der Waals surface area contributed by atoms with Crippen LogP contribution in [0.5, 0.6) is 0 Å². The molecule has 1 atom stereocenters. The lowest BCUT2D eigenvalue weighted by atomic mass is 10.1. The summed E-state index contributed by atoms with van der Waals surface area (Å²) < 4.78 is 0.969. The van der Waals surface area contributed by atoms with Crippen molar-refractivity contribution in [3.63, 3.8) is 0 Å². The highest BCUT2D eigenvalue weighted by Crippen LogP contribution is 2.14. The number of nitrogens with one attached hydrogen (secondary N) is 1. The number of nitrogens with zero attached hydrogens (tertiary/aromatic N) is 1. The molecule has 1 aliphatic rings. The minimum Gasteiger partial charge on any atom is -0.343 e. The van der Waals surface area contributed by atoms with E-state index in [-0.39, 0.29) is 18.4 Å². The zero-order valence-corrected chi connectivity index (χ0v) is 11.0. The summed E-state index contributed by atoms with van der Waals surface area (Å²) in [5, 5.41) is 2.62. The molecule has 4 nitrogen and oxygen atoms in total. The van der Waals surface area contributed by atoms with E-state index in [0.717, 1.165) is 10.0 Å². The fourth-order valence-electron chi connectivity index (χ4n) is 1.86. The standard InChI is InChI=1S/C12H13BrN2O2/c1-8-12(17)15(7-11(16)14-8)6-9-3-2-4-10(13)5-9/h2-5,8H,6-7H2,1H3,(H,14,16). The topological polar surface area (TPSA) is 49.4 Å². The van der Waals surface area contributed by atoms with Gasteiger partial charge in [0.2, 0.25) is 11.8 Å². The average Bonchev–Trinajstić information content (AvgIpc) is 2.25. The fraction of sp³-hybridized carbons (Fsp3) is 0.333. The molecule has 0 aromatic heterocycles. The van der Waals surface area contributed by atoms with Crippen LogP contribution in [0, 0.1) is 0 Å². The third kappa shape index (κ3) is 2.85. The van der Waals surface area contributed by atoms with Crippen molar-refractivity contribution in [3.05, 3.63) is 34.3 Å². The van der Waals surface area contributed by atoms with E-state index in [4.69, 9.17) is 0 Å². The molecule has 90 valence electrons. The van der Waals surface area contributed by atoms with Crippen molar-refractivity contribution in [3.8, 4) is 0 Å². The summed E-state index contributed by atoms with van der Waals surface area (Å²) in [6.07, 6.45) is 0. The lowest BCUT2D eigenvalue weighted by Gasteiger charge is -2.30. The molecule has 0 spiro atoms. The van der Waals surface area contributed by atoms with Gasteiger partial charge in [-0.15, -0.1) is 0 Å². The van der Waals surface area contributed by atoms with Crippen LogP contribution in [0.4, 0.5) is 0 Å². The second-order valence-corrected chi connectivity index (χ2v) is 5.03. The Morgan fingerprint density at radius 1 is 1.47 bits per heavy atom. The van der Waals surface area contributed by atoms with Crippen molar-refractivity contribution in [2.45, 2.75) is 19.5 Å². The number of hydrogen-bond donors (Lipinski definition) is 1. The Morgan fingerprint density at radius 2 is 2.24 bits per heavy atom. The molecule has 2 rings (SSSR count). The van der Waals surface area contributed by atoms with Gasteiger partial charge in [-0.3, -0.25) is 9.59 Å². The van der Waals surface area contributed by atoms with E-state index < -0.39 is 6.04 Å². The van der Waals surface area contributed by atoms with Crippen LogP contribution in [0.1, 0.15) is 12.5 Å². The van der Waals surface area contributed by atoms with Crippen molar-refractivity contribution < 1.29 is 9.59 Å². The van der Waals surface area contributed by atoms with Gasteiger partial charge in [0.15, 0.2) is 0 Å². The van der Waals surface area contributed by atoms with Gasteiger partial charge in [0, 0.05) is 11.0 Å². The van der Waals surface area contributed by atoms with Gasteiger partial charge in [0.05, 0.1) is 6.54 Å². The molecular weight excluding hydrogens is 284 g/mol. The lowest BCUT2D eigenvalue weighted by molar-refractivity contribution is -0.144. The molecule has 1 aromatic carbocycles. The molecule has 17 heavy (non-hydrogen) atoms. The molecule has 0 saturated carbocycles. The number of halogens is 1. The molecular formula is C12H13BrN2O2. The first-order valence-electron chi connectivity index (χ1n) is 5.39. The average molecular weight is 297 g/mol. The van der Waals surface area contributed by atoms with Crippen LogP contribution in [0.15, 0.2) is 28.7 Å². The molecule has 1 aromatic rings. The number of carbonyl (C=O) groups excluding carboxylic acids is 2. The van der Waals surface area contributed by atoms with Gasteiger partial charge in [-0.2, -0.15) is 0 Å². The summed E-state index contributed by atoms with van der Waals surface area (Å²) >= 11 is 3.38. The zero-order valence-electron chi connectivity index (χ0n) is 9.44. The minimum absolute atomic E-state index is 0.0374. The van der Waals surface area contributed by atoms with Crippen molar-refractivity contribution in [2.24, 2.45) is 0 Å². The Morgan fingerprint density at radius 3 is 2.94 bits per heavy atom. The molecule has 0 radical (unpaired) electrons. The second-order valence-electron chi connectivity index (χ2n) is 4.11. The van der Waals surface area contributed by atoms with Crippen LogP contribution in [-0.2, 0) is 16.1 Å². The SMILES string of the molecule is CC1NC(=O)CN(Cc2cccc(Br)c2)C1=O. The van der Waals surface area contributed by atoms with Crippen LogP contribution < -0.4 is 5.32 Å². The van der Waals surface area contributed by atoms with E-state index in [9.17, 15) is 9.59 Å². The lowest BCUT2D eigenvalue weighted by Crippen LogP contribution is -2.56. The fourth-order valence-corrected chi connectivity index (χ4v) is 2.31. The number of benzene rings is 1. The van der Waals surface area contributed by atoms with Gasteiger partial charge in [0.25, 0.3) is 0 Å².